The fourth-order valence-electron chi connectivity index (χ4n) is 3.69. The van der Waals surface area contributed by atoms with Gasteiger partial charge in [0.05, 0.1) is 55.8 Å². The molecule has 1 aliphatic carbocycles. The highest BCUT2D eigenvalue weighted by atomic mass is 14.6. The first-order valence-corrected chi connectivity index (χ1v) is 7.37. The summed E-state index contributed by atoms with van der Waals surface area (Å²) in [6, 6.07) is 8.25. The van der Waals surface area contributed by atoms with Gasteiger partial charge >= 0.3 is 0 Å². The lowest BCUT2D eigenvalue weighted by atomic mass is 9.45. The number of nitriles is 4. The minimum absolute atomic E-state index is 0.483. The van der Waals surface area contributed by atoms with E-state index in [9.17, 15) is 21.0 Å². The molecule has 5 nitrogen and oxygen atoms in total. The number of hydrogen-bond acceptors (Lipinski definition) is 5. The van der Waals surface area contributed by atoms with E-state index < -0.39 is 40.8 Å². The third-order valence-corrected chi connectivity index (χ3v) is 5.15. The second kappa shape index (κ2) is 7.11. The molecular formula is C16H18BN5. The Morgan fingerprint density at radius 2 is 1.32 bits per heavy atom. The second-order valence-corrected chi connectivity index (χ2v) is 5.83. The first-order valence-electron chi connectivity index (χ1n) is 7.37. The molecule has 6 heteroatoms. The Morgan fingerprint density at radius 1 is 0.909 bits per heavy atom. The van der Waals surface area contributed by atoms with E-state index in [0.717, 1.165) is 6.21 Å². The molecule has 1 saturated carbocycles. The SMILES string of the molecule is [B]C(CC)(CC)C1C(C=N)C(C#N)C(C#N)[C@@H](C#N)C1C#N. The summed E-state index contributed by atoms with van der Waals surface area (Å²) < 4.78 is 0. The quantitative estimate of drug-likeness (QED) is 0.632. The molecule has 0 saturated heterocycles. The van der Waals surface area contributed by atoms with Crippen LogP contribution in [0.1, 0.15) is 26.7 Å². The van der Waals surface area contributed by atoms with Gasteiger partial charge in [-0.25, -0.2) is 0 Å². The zero-order chi connectivity index (χ0) is 16.9. The molecule has 22 heavy (non-hydrogen) atoms. The van der Waals surface area contributed by atoms with E-state index in [0.29, 0.717) is 12.8 Å². The van der Waals surface area contributed by atoms with Gasteiger partial charge in [-0.05, 0) is 5.92 Å². The summed E-state index contributed by atoms with van der Waals surface area (Å²) in [5.41, 5.74) is 0. The van der Waals surface area contributed by atoms with Crippen molar-refractivity contribution in [3.8, 4) is 24.3 Å². The molecule has 0 heterocycles. The largest absolute Gasteiger partial charge is 0.313 e. The van der Waals surface area contributed by atoms with Crippen LogP contribution in [0.2, 0.25) is 5.31 Å². The molecule has 0 amide bonds. The molecule has 6 atom stereocenters. The van der Waals surface area contributed by atoms with Crippen molar-refractivity contribution in [3.05, 3.63) is 0 Å². The summed E-state index contributed by atoms with van der Waals surface area (Å²) >= 11 is 0. The van der Waals surface area contributed by atoms with Gasteiger partial charge < -0.3 is 5.41 Å². The predicted molar refractivity (Wildman–Crippen MR) is 81.2 cm³/mol. The predicted octanol–water partition coefficient (Wildman–Crippen LogP) is 2.59. The van der Waals surface area contributed by atoms with Crippen molar-refractivity contribution in [1.29, 1.82) is 26.5 Å². The van der Waals surface area contributed by atoms with Crippen LogP contribution in [0.25, 0.3) is 0 Å². The maximum atomic E-state index is 9.58. The third-order valence-electron chi connectivity index (χ3n) is 5.15. The molecule has 1 aliphatic rings. The van der Waals surface area contributed by atoms with Gasteiger partial charge in [-0.15, -0.1) is 0 Å². The molecule has 1 N–H and O–H groups in total. The van der Waals surface area contributed by atoms with Gasteiger partial charge in [0.15, 0.2) is 0 Å². The van der Waals surface area contributed by atoms with E-state index in [1.807, 2.05) is 26.0 Å². The van der Waals surface area contributed by atoms with E-state index in [4.69, 9.17) is 13.3 Å². The number of rotatable bonds is 4. The molecule has 5 unspecified atom stereocenters. The lowest BCUT2D eigenvalue weighted by molar-refractivity contribution is 0.0818. The van der Waals surface area contributed by atoms with E-state index >= 15 is 0 Å². The third kappa shape index (κ3) is 2.58. The van der Waals surface area contributed by atoms with Gasteiger partial charge in [0, 0.05) is 12.1 Å². The van der Waals surface area contributed by atoms with Crippen LogP contribution in [-0.2, 0) is 0 Å². The Bertz CT molecular complexity index is 584. The normalized spacial score (nSPS) is 34.5. The topological polar surface area (TPSA) is 119 Å². The number of hydrogen-bond donors (Lipinski definition) is 1. The average molecular weight is 291 g/mol. The summed E-state index contributed by atoms with van der Waals surface area (Å²) in [6.45, 7) is 3.80. The van der Waals surface area contributed by atoms with Gasteiger partial charge in [0.25, 0.3) is 0 Å². The Morgan fingerprint density at radius 3 is 1.64 bits per heavy atom. The van der Waals surface area contributed by atoms with E-state index in [-0.39, 0.29) is 0 Å². The van der Waals surface area contributed by atoms with Gasteiger partial charge in [0.2, 0.25) is 0 Å². The average Bonchev–Trinajstić information content (AvgIpc) is 2.57. The maximum Gasteiger partial charge on any atom is 0.0799 e. The van der Waals surface area contributed by atoms with Crippen molar-refractivity contribution < 1.29 is 0 Å². The van der Waals surface area contributed by atoms with Gasteiger partial charge in [-0.2, -0.15) is 21.0 Å². The zero-order valence-corrected chi connectivity index (χ0v) is 12.8. The summed E-state index contributed by atoms with van der Waals surface area (Å²) in [6.07, 6.45) is 2.28. The molecule has 1 rings (SSSR count). The van der Waals surface area contributed by atoms with Crippen LogP contribution in [0, 0.1) is 86.2 Å². The molecule has 110 valence electrons. The van der Waals surface area contributed by atoms with Crippen LogP contribution < -0.4 is 0 Å². The Balaban J connectivity index is 3.55. The van der Waals surface area contributed by atoms with Crippen molar-refractivity contribution >= 4 is 14.1 Å². The summed E-state index contributed by atoms with van der Waals surface area (Å²) in [4.78, 5) is 0. The van der Waals surface area contributed by atoms with E-state index in [1.165, 1.54) is 0 Å². The van der Waals surface area contributed by atoms with Crippen molar-refractivity contribution in [2.45, 2.75) is 32.0 Å². The van der Waals surface area contributed by atoms with Crippen LogP contribution in [0.15, 0.2) is 0 Å². The van der Waals surface area contributed by atoms with Crippen molar-refractivity contribution in [2.75, 3.05) is 0 Å². The Hall–Kier alpha value is -2.31. The molecule has 0 aromatic rings. The Labute approximate surface area is 133 Å². The van der Waals surface area contributed by atoms with Crippen molar-refractivity contribution in [3.63, 3.8) is 0 Å². The minimum Gasteiger partial charge on any atom is -0.313 e. The standard InChI is InChI=1S/C16H18BN5/c1-3-16(17,4-2)15-13(8-21)11(6-19)10(5-18)12(7-20)14(15)9-22/h8,10-15,21H,3-4H2,1-2H3/t10?,11?,12-,13?,14?,15?/m1/s1. The zero-order valence-electron chi connectivity index (χ0n) is 12.8. The molecular weight excluding hydrogens is 273 g/mol. The molecule has 2 radical (unpaired) electrons. The van der Waals surface area contributed by atoms with Gasteiger partial charge in [0.1, 0.15) is 0 Å². The highest BCUT2D eigenvalue weighted by molar-refractivity contribution is 6.15. The molecule has 0 aliphatic heterocycles. The van der Waals surface area contributed by atoms with Crippen LogP contribution in [-0.4, -0.2) is 14.1 Å². The van der Waals surface area contributed by atoms with Crippen LogP contribution in [0.4, 0.5) is 0 Å². The lowest BCUT2D eigenvalue weighted by Gasteiger charge is -2.50. The molecule has 0 bridgehead atoms. The van der Waals surface area contributed by atoms with Gasteiger partial charge in [-0.3, -0.25) is 0 Å². The summed E-state index contributed by atoms with van der Waals surface area (Å²) in [7, 11) is 6.47. The number of nitrogens with zero attached hydrogens (tertiary/aromatic N) is 4. The fraction of sp³-hybridized carbons (Fsp3) is 0.688. The Kier molecular flexibility index (Phi) is 5.73. The molecule has 0 spiro atoms. The smallest absolute Gasteiger partial charge is 0.0799 e. The minimum atomic E-state index is -0.875. The highest BCUT2D eigenvalue weighted by Gasteiger charge is 2.55. The van der Waals surface area contributed by atoms with Crippen molar-refractivity contribution in [2.24, 2.45) is 35.5 Å². The highest BCUT2D eigenvalue weighted by Crippen LogP contribution is 2.56. The first kappa shape index (κ1) is 17.7. The number of nitrogens with one attached hydrogen (secondary N) is 1. The van der Waals surface area contributed by atoms with E-state index in [2.05, 4.69) is 12.1 Å². The molecule has 1 fully saturated rings. The van der Waals surface area contributed by atoms with Gasteiger partial charge in [-0.1, -0.05) is 32.0 Å². The molecule has 0 aromatic heterocycles. The second-order valence-electron chi connectivity index (χ2n) is 5.83. The van der Waals surface area contributed by atoms with Crippen LogP contribution in [0.3, 0.4) is 0 Å². The van der Waals surface area contributed by atoms with Crippen LogP contribution >= 0.6 is 0 Å². The monoisotopic (exact) mass is 291 g/mol. The maximum absolute atomic E-state index is 9.58. The summed E-state index contributed by atoms with van der Waals surface area (Å²) in [5, 5.41) is 44.8. The van der Waals surface area contributed by atoms with Crippen LogP contribution in [0.5, 0.6) is 0 Å². The lowest BCUT2D eigenvalue weighted by Crippen LogP contribution is -2.50. The fourth-order valence-corrected chi connectivity index (χ4v) is 3.69. The van der Waals surface area contributed by atoms with Crippen molar-refractivity contribution in [1.82, 2.24) is 0 Å². The first-order chi connectivity index (χ1) is 10.5. The molecule has 0 aromatic carbocycles. The van der Waals surface area contributed by atoms with E-state index in [1.54, 1.807) is 0 Å². The summed E-state index contributed by atoms with van der Waals surface area (Å²) in [5.74, 6) is -4.35.